The van der Waals surface area contributed by atoms with Crippen molar-refractivity contribution in [2.24, 2.45) is 5.92 Å². The highest BCUT2D eigenvalue weighted by molar-refractivity contribution is 7.11. The highest BCUT2D eigenvalue weighted by atomic mass is 32.1. The van der Waals surface area contributed by atoms with Crippen LogP contribution in [-0.2, 0) is 17.9 Å². The van der Waals surface area contributed by atoms with Gasteiger partial charge in [-0.05, 0) is 37.5 Å². The van der Waals surface area contributed by atoms with Crippen LogP contribution in [0.25, 0.3) is 0 Å². The quantitative estimate of drug-likeness (QED) is 0.613. The van der Waals surface area contributed by atoms with Crippen LogP contribution in [-0.4, -0.2) is 41.4 Å². The molecular formula is C23H33N3O2S. The van der Waals surface area contributed by atoms with Crippen molar-refractivity contribution in [2.45, 2.75) is 47.2 Å². The molecule has 0 radical (unpaired) electrons. The first kappa shape index (κ1) is 22.9. The zero-order chi connectivity index (χ0) is 21.2. The van der Waals surface area contributed by atoms with Crippen LogP contribution in [0.2, 0.25) is 0 Å². The average Bonchev–Trinajstić information content (AvgIpc) is 3.12. The molecule has 0 spiro atoms. The standard InChI is InChI=1S/C23H33N3O2S/c1-5-18(3)14-26(23(28)24-6-2)17-22(27)25(15-20-10-8-7-9-11-20)16-21-13-12-19(4)29-21/h7-13,18H,5-6,14-17H2,1-4H3,(H,24,28). The molecule has 0 fully saturated rings. The molecule has 2 aromatic rings. The van der Waals surface area contributed by atoms with Crippen molar-refractivity contribution in [1.82, 2.24) is 15.1 Å². The fourth-order valence-electron chi connectivity index (χ4n) is 3.05. The molecule has 0 saturated carbocycles. The molecule has 2 rings (SSSR count). The lowest BCUT2D eigenvalue weighted by molar-refractivity contribution is -0.133. The van der Waals surface area contributed by atoms with E-state index in [-0.39, 0.29) is 18.5 Å². The summed E-state index contributed by atoms with van der Waals surface area (Å²) in [7, 11) is 0. The second-order valence-electron chi connectivity index (χ2n) is 7.48. The second-order valence-corrected chi connectivity index (χ2v) is 8.85. The minimum atomic E-state index is -0.173. The molecule has 0 aliphatic heterocycles. The molecule has 5 nitrogen and oxygen atoms in total. The Morgan fingerprint density at radius 1 is 1.03 bits per heavy atom. The number of rotatable bonds is 10. The zero-order valence-electron chi connectivity index (χ0n) is 18.0. The number of aryl methyl sites for hydroxylation is 1. The first-order valence-electron chi connectivity index (χ1n) is 10.3. The summed E-state index contributed by atoms with van der Waals surface area (Å²) in [5.74, 6) is 0.308. The number of hydrogen-bond donors (Lipinski definition) is 1. The molecular weight excluding hydrogens is 382 g/mol. The van der Waals surface area contributed by atoms with Gasteiger partial charge in [0.15, 0.2) is 0 Å². The lowest BCUT2D eigenvalue weighted by Gasteiger charge is -2.29. The van der Waals surface area contributed by atoms with Crippen LogP contribution < -0.4 is 5.32 Å². The van der Waals surface area contributed by atoms with Crippen molar-refractivity contribution in [3.63, 3.8) is 0 Å². The van der Waals surface area contributed by atoms with Crippen LogP contribution in [0.15, 0.2) is 42.5 Å². The maximum atomic E-state index is 13.3. The van der Waals surface area contributed by atoms with Gasteiger partial charge in [0.1, 0.15) is 6.54 Å². The summed E-state index contributed by atoms with van der Waals surface area (Å²) < 4.78 is 0. The van der Waals surface area contributed by atoms with Crippen molar-refractivity contribution < 1.29 is 9.59 Å². The molecule has 1 atom stereocenters. The molecule has 6 heteroatoms. The van der Waals surface area contributed by atoms with E-state index in [0.717, 1.165) is 16.9 Å². The number of hydrogen-bond acceptors (Lipinski definition) is 3. The zero-order valence-corrected chi connectivity index (χ0v) is 18.8. The number of urea groups is 1. The lowest BCUT2D eigenvalue weighted by Crippen LogP contribution is -2.47. The maximum Gasteiger partial charge on any atom is 0.317 e. The molecule has 1 aromatic carbocycles. The van der Waals surface area contributed by atoms with Crippen LogP contribution >= 0.6 is 11.3 Å². The molecule has 3 amide bonds. The maximum absolute atomic E-state index is 13.3. The van der Waals surface area contributed by atoms with E-state index < -0.39 is 0 Å². The van der Waals surface area contributed by atoms with Crippen LogP contribution in [0.1, 0.15) is 42.5 Å². The van der Waals surface area contributed by atoms with Gasteiger partial charge in [-0.3, -0.25) is 4.79 Å². The van der Waals surface area contributed by atoms with Crippen molar-refractivity contribution in [3.05, 3.63) is 57.8 Å². The van der Waals surface area contributed by atoms with Gasteiger partial charge in [-0.1, -0.05) is 50.6 Å². The predicted octanol–water partition coefficient (Wildman–Crippen LogP) is 4.66. The van der Waals surface area contributed by atoms with Gasteiger partial charge in [-0.2, -0.15) is 0 Å². The Balaban J connectivity index is 2.17. The van der Waals surface area contributed by atoms with E-state index in [1.807, 2.05) is 42.2 Å². The van der Waals surface area contributed by atoms with E-state index in [4.69, 9.17) is 0 Å². The van der Waals surface area contributed by atoms with Crippen LogP contribution in [0.3, 0.4) is 0 Å². The van der Waals surface area contributed by atoms with Crippen LogP contribution in [0.4, 0.5) is 4.79 Å². The smallest absolute Gasteiger partial charge is 0.317 e. The monoisotopic (exact) mass is 415 g/mol. The molecule has 1 N–H and O–H groups in total. The molecule has 29 heavy (non-hydrogen) atoms. The van der Waals surface area contributed by atoms with E-state index >= 15 is 0 Å². The Morgan fingerprint density at radius 3 is 2.34 bits per heavy atom. The van der Waals surface area contributed by atoms with Crippen molar-refractivity contribution >= 4 is 23.3 Å². The van der Waals surface area contributed by atoms with Gasteiger partial charge in [0, 0.05) is 29.4 Å². The van der Waals surface area contributed by atoms with Gasteiger partial charge in [0.2, 0.25) is 5.91 Å². The minimum Gasteiger partial charge on any atom is -0.338 e. The van der Waals surface area contributed by atoms with Gasteiger partial charge in [0.05, 0.1) is 6.54 Å². The lowest BCUT2D eigenvalue weighted by atomic mass is 10.1. The number of carbonyl (C=O) groups is 2. The highest BCUT2D eigenvalue weighted by Gasteiger charge is 2.23. The molecule has 1 aromatic heterocycles. The van der Waals surface area contributed by atoms with Gasteiger partial charge in [0.25, 0.3) is 0 Å². The van der Waals surface area contributed by atoms with E-state index in [2.05, 4.69) is 38.2 Å². The number of nitrogens with zero attached hydrogens (tertiary/aromatic N) is 2. The van der Waals surface area contributed by atoms with Crippen molar-refractivity contribution in [3.8, 4) is 0 Å². The summed E-state index contributed by atoms with van der Waals surface area (Å²) in [6.45, 7) is 10.5. The van der Waals surface area contributed by atoms with E-state index in [1.54, 1.807) is 16.2 Å². The number of nitrogens with one attached hydrogen (secondary N) is 1. The van der Waals surface area contributed by atoms with Gasteiger partial charge in [-0.15, -0.1) is 11.3 Å². The topological polar surface area (TPSA) is 52.7 Å². The van der Waals surface area contributed by atoms with Gasteiger partial charge >= 0.3 is 6.03 Å². The molecule has 1 heterocycles. The summed E-state index contributed by atoms with van der Waals surface area (Å²) in [5.41, 5.74) is 1.08. The minimum absolute atomic E-state index is 0.0329. The molecule has 158 valence electrons. The number of benzene rings is 1. The second kappa shape index (κ2) is 11.6. The van der Waals surface area contributed by atoms with Gasteiger partial charge < -0.3 is 15.1 Å². The SMILES string of the molecule is CCNC(=O)N(CC(=O)N(Cc1ccccc1)Cc1ccc(C)s1)CC(C)CC. The van der Waals surface area contributed by atoms with Crippen molar-refractivity contribution in [1.29, 1.82) is 0 Å². The third-order valence-corrected chi connectivity index (χ3v) is 5.87. The third-order valence-electron chi connectivity index (χ3n) is 4.88. The molecule has 0 bridgehead atoms. The Kier molecular flexibility index (Phi) is 9.19. The van der Waals surface area contributed by atoms with Gasteiger partial charge in [-0.25, -0.2) is 4.79 Å². The highest BCUT2D eigenvalue weighted by Crippen LogP contribution is 2.19. The van der Waals surface area contributed by atoms with Crippen LogP contribution in [0.5, 0.6) is 0 Å². The largest absolute Gasteiger partial charge is 0.338 e. The summed E-state index contributed by atoms with van der Waals surface area (Å²) in [4.78, 5) is 31.7. The van der Waals surface area contributed by atoms with E-state index in [1.165, 1.54) is 4.88 Å². The summed E-state index contributed by atoms with van der Waals surface area (Å²) >= 11 is 1.70. The average molecular weight is 416 g/mol. The molecule has 0 aliphatic rings. The fraction of sp³-hybridized carbons (Fsp3) is 0.478. The van der Waals surface area contributed by atoms with Crippen LogP contribution in [0, 0.1) is 12.8 Å². The number of thiophene rings is 1. The Labute approximate surface area is 178 Å². The number of carbonyl (C=O) groups excluding carboxylic acids is 2. The third kappa shape index (κ3) is 7.54. The fourth-order valence-corrected chi connectivity index (χ4v) is 3.95. The van der Waals surface area contributed by atoms with Crippen molar-refractivity contribution in [2.75, 3.05) is 19.6 Å². The normalized spacial score (nSPS) is 11.7. The first-order valence-corrected chi connectivity index (χ1v) is 11.1. The summed E-state index contributed by atoms with van der Waals surface area (Å²) in [6, 6.07) is 14.0. The predicted molar refractivity (Wildman–Crippen MR) is 120 cm³/mol. The molecule has 0 aliphatic carbocycles. The first-order chi connectivity index (χ1) is 13.9. The Bertz CT molecular complexity index is 775. The number of amides is 3. The summed E-state index contributed by atoms with van der Waals surface area (Å²) in [6.07, 6.45) is 0.965. The molecule has 0 saturated heterocycles. The summed E-state index contributed by atoms with van der Waals surface area (Å²) in [5, 5.41) is 2.84. The molecule has 1 unspecified atom stereocenters. The Hall–Kier alpha value is -2.34. The Morgan fingerprint density at radius 2 is 1.76 bits per heavy atom. The van der Waals surface area contributed by atoms with E-state index in [9.17, 15) is 9.59 Å². The van der Waals surface area contributed by atoms with E-state index in [0.29, 0.717) is 32.1 Å².